The number of rotatable bonds is 3. The number of carbonyl (C=O) groups is 1. The van der Waals surface area contributed by atoms with Crippen LogP contribution in [-0.4, -0.2) is 5.78 Å². The lowest BCUT2D eigenvalue weighted by molar-refractivity contribution is 0.0993. The Morgan fingerprint density at radius 1 is 1.11 bits per heavy atom. The number of carbonyl (C=O) groups excluding carboxylic acids is 1. The number of hydrogen-bond donors (Lipinski definition) is 0. The summed E-state index contributed by atoms with van der Waals surface area (Å²) in [5.74, 6) is 0.0395. The Morgan fingerprint density at radius 2 is 1.83 bits per heavy atom. The predicted molar refractivity (Wildman–Crippen MR) is 83.7 cm³/mol. The lowest BCUT2D eigenvalue weighted by atomic mass is 10.0. The molecule has 0 atom stereocenters. The fraction of sp³-hybridized carbons (Fsp3) is 0.0714. The molecular weight excluding hydrogens is 382 g/mol. The first-order chi connectivity index (χ1) is 8.58. The van der Waals surface area contributed by atoms with Crippen molar-refractivity contribution in [3.05, 3.63) is 67.2 Å². The van der Waals surface area contributed by atoms with Gasteiger partial charge in [-0.25, -0.2) is 0 Å². The molecule has 0 amide bonds. The molecule has 2 aromatic carbocycles. The van der Waals surface area contributed by atoms with Crippen LogP contribution in [0.25, 0.3) is 0 Å². The van der Waals surface area contributed by atoms with Gasteiger partial charge in [-0.3, -0.25) is 4.79 Å². The Bertz CT molecular complexity index is 596. The molecule has 0 radical (unpaired) electrons. The van der Waals surface area contributed by atoms with Gasteiger partial charge in [-0.2, -0.15) is 0 Å². The molecule has 0 heterocycles. The second-order valence-corrected chi connectivity index (χ2v) is 5.85. The fourth-order valence-electron chi connectivity index (χ4n) is 1.62. The summed E-state index contributed by atoms with van der Waals surface area (Å²) in [6.45, 7) is 0. The lowest BCUT2D eigenvalue weighted by Crippen LogP contribution is -2.04. The molecule has 0 aliphatic heterocycles. The number of benzene rings is 2. The van der Waals surface area contributed by atoms with Gasteiger partial charge >= 0.3 is 0 Å². The Balaban J connectivity index is 2.24. The normalized spacial score (nSPS) is 10.4. The van der Waals surface area contributed by atoms with E-state index in [2.05, 4.69) is 22.6 Å². The van der Waals surface area contributed by atoms with Crippen LogP contribution < -0.4 is 0 Å². The molecule has 0 aromatic heterocycles. The van der Waals surface area contributed by atoms with Crippen LogP contribution in [0, 0.1) is 3.57 Å². The Hall–Kier alpha value is -0.580. The third-order valence-electron chi connectivity index (χ3n) is 2.53. The zero-order valence-electron chi connectivity index (χ0n) is 9.29. The average molecular weight is 391 g/mol. The van der Waals surface area contributed by atoms with Crippen molar-refractivity contribution in [2.24, 2.45) is 0 Å². The Morgan fingerprint density at radius 3 is 2.56 bits per heavy atom. The summed E-state index contributed by atoms with van der Waals surface area (Å²) in [5, 5.41) is 0.933. The molecule has 0 fully saturated rings. The summed E-state index contributed by atoms with van der Waals surface area (Å²) >= 11 is 14.2. The molecule has 18 heavy (non-hydrogen) atoms. The summed E-state index contributed by atoms with van der Waals surface area (Å²) in [6, 6.07) is 12.8. The minimum absolute atomic E-state index is 0.0395. The Kier molecular flexibility index (Phi) is 4.65. The van der Waals surface area contributed by atoms with E-state index in [1.54, 1.807) is 12.1 Å². The molecule has 0 saturated carbocycles. The van der Waals surface area contributed by atoms with Crippen molar-refractivity contribution in [1.29, 1.82) is 0 Å². The van der Waals surface area contributed by atoms with E-state index >= 15 is 0 Å². The Labute approximate surface area is 129 Å². The van der Waals surface area contributed by atoms with Crippen LogP contribution in [0.4, 0.5) is 0 Å². The predicted octanol–water partition coefficient (Wildman–Crippen LogP) is 5.02. The zero-order chi connectivity index (χ0) is 13.1. The molecule has 0 saturated heterocycles. The molecule has 2 aromatic rings. The summed E-state index contributed by atoms with van der Waals surface area (Å²) in [7, 11) is 0. The number of halogens is 3. The van der Waals surface area contributed by atoms with Gasteiger partial charge in [0.05, 0.1) is 10.0 Å². The largest absolute Gasteiger partial charge is 0.294 e. The van der Waals surface area contributed by atoms with Crippen LogP contribution in [0.3, 0.4) is 0 Å². The highest BCUT2D eigenvalue weighted by atomic mass is 127. The molecule has 0 N–H and O–H groups in total. The molecule has 0 spiro atoms. The third-order valence-corrected chi connectivity index (χ3v) is 4.06. The van der Waals surface area contributed by atoms with Gasteiger partial charge in [0.15, 0.2) is 5.78 Å². The van der Waals surface area contributed by atoms with Gasteiger partial charge in [0.25, 0.3) is 0 Å². The summed E-state index contributed by atoms with van der Waals surface area (Å²) in [6.07, 6.45) is 0.263. The number of ketones is 1. The maximum atomic E-state index is 12.1. The quantitative estimate of drug-likeness (QED) is 0.531. The fourth-order valence-corrected chi connectivity index (χ4v) is 2.55. The highest BCUT2D eigenvalue weighted by molar-refractivity contribution is 14.1. The van der Waals surface area contributed by atoms with Crippen molar-refractivity contribution in [2.75, 3.05) is 0 Å². The van der Waals surface area contributed by atoms with Crippen molar-refractivity contribution in [1.82, 2.24) is 0 Å². The summed E-state index contributed by atoms with van der Waals surface area (Å²) < 4.78 is 1.04. The van der Waals surface area contributed by atoms with Crippen molar-refractivity contribution < 1.29 is 4.79 Å². The maximum Gasteiger partial charge on any atom is 0.167 e. The molecule has 0 aliphatic carbocycles. The van der Waals surface area contributed by atoms with Gasteiger partial charge < -0.3 is 0 Å². The van der Waals surface area contributed by atoms with Crippen LogP contribution >= 0.6 is 45.8 Å². The maximum absolute atomic E-state index is 12.1. The van der Waals surface area contributed by atoms with E-state index < -0.39 is 0 Å². The van der Waals surface area contributed by atoms with Crippen molar-refractivity contribution in [2.45, 2.75) is 6.42 Å². The topological polar surface area (TPSA) is 17.1 Å². The molecule has 4 heteroatoms. The van der Waals surface area contributed by atoms with Crippen LogP contribution in [0.2, 0.25) is 10.0 Å². The molecule has 92 valence electrons. The summed E-state index contributed by atoms with van der Waals surface area (Å²) in [5.41, 5.74) is 1.45. The van der Waals surface area contributed by atoms with Crippen molar-refractivity contribution in [3.63, 3.8) is 0 Å². The van der Waals surface area contributed by atoms with E-state index in [4.69, 9.17) is 23.2 Å². The SMILES string of the molecule is O=C(Cc1cccc(Cl)c1Cl)c1cccc(I)c1. The highest BCUT2D eigenvalue weighted by Gasteiger charge is 2.11. The first-order valence-corrected chi connectivity index (χ1v) is 7.13. The van der Waals surface area contributed by atoms with E-state index in [0.717, 1.165) is 9.13 Å². The minimum atomic E-state index is 0.0395. The monoisotopic (exact) mass is 390 g/mol. The van der Waals surface area contributed by atoms with Gasteiger partial charge in [0.2, 0.25) is 0 Å². The van der Waals surface area contributed by atoms with Crippen LogP contribution in [-0.2, 0) is 6.42 Å². The standard InChI is InChI=1S/C14H9Cl2IO/c15-12-6-2-4-10(14(12)16)8-13(18)9-3-1-5-11(17)7-9/h1-7H,8H2. The number of hydrogen-bond acceptors (Lipinski definition) is 1. The molecule has 0 aliphatic rings. The smallest absolute Gasteiger partial charge is 0.167 e. The van der Waals surface area contributed by atoms with Crippen molar-refractivity contribution in [3.8, 4) is 0 Å². The molecule has 0 bridgehead atoms. The van der Waals surface area contributed by atoms with Gasteiger partial charge in [-0.15, -0.1) is 0 Å². The van der Waals surface area contributed by atoms with Gasteiger partial charge in [0, 0.05) is 15.6 Å². The second-order valence-electron chi connectivity index (χ2n) is 3.82. The van der Waals surface area contributed by atoms with E-state index in [0.29, 0.717) is 15.6 Å². The van der Waals surface area contributed by atoms with E-state index in [9.17, 15) is 4.79 Å². The van der Waals surface area contributed by atoms with E-state index in [1.165, 1.54) is 0 Å². The first kappa shape index (κ1) is 13.8. The van der Waals surface area contributed by atoms with E-state index in [1.807, 2.05) is 30.3 Å². The number of Topliss-reactive ketones (excluding diaryl/α,β-unsaturated/α-hetero) is 1. The zero-order valence-corrected chi connectivity index (χ0v) is 13.0. The molecule has 0 unspecified atom stereocenters. The van der Waals surface area contributed by atoms with Crippen molar-refractivity contribution >= 4 is 51.6 Å². The second kappa shape index (κ2) is 6.04. The lowest BCUT2D eigenvalue weighted by Gasteiger charge is -2.05. The van der Waals surface area contributed by atoms with Gasteiger partial charge in [-0.05, 0) is 46.4 Å². The third kappa shape index (κ3) is 3.25. The van der Waals surface area contributed by atoms with Crippen LogP contribution in [0.15, 0.2) is 42.5 Å². The van der Waals surface area contributed by atoms with Crippen LogP contribution in [0.1, 0.15) is 15.9 Å². The highest BCUT2D eigenvalue weighted by Crippen LogP contribution is 2.26. The minimum Gasteiger partial charge on any atom is -0.294 e. The first-order valence-electron chi connectivity index (χ1n) is 5.29. The molecule has 2 rings (SSSR count). The molecular formula is C14H9Cl2IO. The summed E-state index contributed by atoms with van der Waals surface area (Å²) in [4.78, 5) is 12.1. The van der Waals surface area contributed by atoms with E-state index in [-0.39, 0.29) is 12.2 Å². The van der Waals surface area contributed by atoms with Gasteiger partial charge in [0.1, 0.15) is 0 Å². The molecule has 1 nitrogen and oxygen atoms in total. The average Bonchev–Trinajstić information content (AvgIpc) is 2.35. The van der Waals surface area contributed by atoms with Gasteiger partial charge in [-0.1, -0.05) is 47.5 Å². The van der Waals surface area contributed by atoms with Crippen LogP contribution in [0.5, 0.6) is 0 Å².